The molecular weight excluding hydrogens is 741 g/mol. The summed E-state index contributed by atoms with van der Waals surface area (Å²) in [6.45, 7) is 4.00. The summed E-state index contributed by atoms with van der Waals surface area (Å²) < 4.78 is 39.6. The molecule has 10 nitrogen and oxygen atoms in total. The number of phosphoric ester groups is 1. The van der Waals surface area contributed by atoms with Crippen LogP contribution >= 0.6 is 7.82 Å². The summed E-state index contributed by atoms with van der Waals surface area (Å²) in [5, 5.41) is 0. The molecule has 0 aromatic heterocycles. The molecule has 1 fully saturated rings. The monoisotopic (exact) mass is 822 g/mol. The predicted octanol–water partition coefficient (Wildman–Crippen LogP) is 10.8. The number of allylic oxidation sites excluding steroid dienone is 8. The van der Waals surface area contributed by atoms with Gasteiger partial charge < -0.3 is 32.6 Å². The number of carbonyl (C=O) groups is 2. The van der Waals surface area contributed by atoms with Gasteiger partial charge in [0.15, 0.2) is 6.10 Å². The number of likely N-dealkylation sites (N-methyl/N-ethyl adjacent to an activating group) is 1. The Morgan fingerprint density at radius 2 is 1.18 bits per heavy atom. The van der Waals surface area contributed by atoms with E-state index in [4.69, 9.17) is 23.3 Å². The second kappa shape index (κ2) is 34.5. The van der Waals surface area contributed by atoms with Crippen molar-refractivity contribution in [3.8, 4) is 0 Å². The van der Waals surface area contributed by atoms with Crippen LogP contribution in [0.3, 0.4) is 0 Å². The van der Waals surface area contributed by atoms with Crippen molar-refractivity contribution in [2.75, 3.05) is 47.5 Å². The Kier molecular flexibility index (Phi) is 31.9. The zero-order chi connectivity index (χ0) is 41.9. The third kappa shape index (κ3) is 35.3. The normalized spacial score (nSPS) is 17.7. The maximum Gasteiger partial charge on any atom is 0.306 e. The number of quaternary nitrogens is 1. The smallest absolute Gasteiger partial charge is 0.306 e. The Morgan fingerprint density at radius 1 is 0.649 bits per heavy atom. The van der Waals surface area contributed by atoms with Gasteiger partial charge in [-0.3, -0.25) is 14.2 Å². The summed E-state index contributed by atoms with van der Waals surface area (Å²) in [5.41, 5.74) is 0. The van der Waals surface area contributed by atoms with Crippen molar-refractivity contribution in [3.05, 3.63) is 60.8 Å². The predicted molar refractivity (Wildman–Crippen MR) is 231 cm³/mol. The number of phosphoric acid groups is 1. The molecule has 0 aliphatic carbocycles. The Bertz CT molecular complexity index is 1220. The molecule has 1 aliphatic heterocycles. The van der Waals surface area contributed by atoms with Crippen LogP contribution < -0.4 is 4.89 Å². The first-order chi connectivity index (χ1) is 27.5. The standard InChI is InChI=1S/C46H80NO9P/c1-6-8-10-12-14-16-17-18-19-20-21-23-25-27-32-36-45(48)52-40-42(41-54-57(50,51)53-39-38-47(3,4)5)55-46(49)37-33-29-28-31-35-44-43(56-44)34-30-26-24-22-15-13-11-9-7-2/h9,11,15,18-19,22,26,28,30-31,42-44H,6-8,10,12-14,16-17,20-21,23-25,27,29,32-41H2,1-5H3/b11-9-,19-18-,22-15-,30-26-,31-28-. The third-order valence-electron chi connectivity index (χ3n) is 9.42. The average molecular weight is 822 g/mol. The summed E-state index contributed by atoms with van der Waals surface area (Å²) in [5.74, 6) is -0.925. The molecule has 0 radical (unpaired) electrons. The minimum atomic E-state index is -4.65. The lowest BCUT2D eigenvalue weighted by Crippen LogP contribution is -2.37. The molecule has 57 heavy (non-hydrogen) atoms. The topological polar surface area (TPSA) is 124 Å². The van der Waals surface area contributed by atoms with E-state index in [1.807, 2.05) is 27.2 Å². The molecule has 4 unspecified atom stereocenters. The maximum absolute atomic E-state index is 12.7. The van der Waals surface area contributed by atoms with Crippen molar-refractivity contribution in [2.45, 2.75) is 173 Å². The van der Waals surface area contributed by atoms with E-state index in [1.54, 1.807) is 0 Å². The van der Waals surface area contributed by atoms with Crippen LogP contribution in [-0.4, -0.2) is 82.2 Å². The maximum atomic E-state index is 12.7. The number of carbonyl (C=O) groups excluding carboxylic acids is 2. The summed E-state index contributed by atoms with van der Waals surface area (Å²) in [4.78, 5) is 37.6. The van der Waals surface area contributed by atoms with Crippen molar-refractivity contribution in [1.29, 1.82) is 0 Å². The molecule has 0 N–H and O–H groups in total. The summed E-state index contributed by atoms with van der Waals surface area (Å²) in [6.07, 6.45) is 42.8. The quantitative estimate of drug-likeness (QED) is 0.0149. The van der Waals surface area contributed by atoms with Crippen molar-refractivity contribution in [2.24, 2.45) is 0 Å². The van der Waals surface area contributed by atoms with Crippen LogP contribution in [0.2, 0.25) is 0 Å². The summed E-state index contributed by atoms with van der Waals surface area (Å²) >= 11 is 0. The highest BCUT2D eigenvalue weighted by Crippen LogP contribution is 2.38. The fourth-order valence-electron chi connectivity index (χ4n) is 5.84. The van der Waals surface area contributed by atoms with Crippen LogP contribution in [0, 0.1) is 0 Å². The van der Waals surface area contributed by atoms with Gasteiger partial charge in [0.25, 0.3) is 7.82 Å². The molecular formula is C46H80NO9P. The first kappa shape index (κ1) is 52.7. The third-order valence-corrected chi connectivity index (χ3v) is 10.4. The molecule has 1 rings (SSSR count). The molecule has 4 atom stereocenters. The number of hydrogen-bond donors (Lipinski definition) is 0. The number of nitrogens with zero attached hydrogens (tertiary/aromatic N) is 1. The van der Waals surface area contributed by atoms with Crippen LogP contribution in [-0.2, 0) is 37.4 Å². The van der Waals surface area contributed by atoms with Crippen LogP contribution in [0.5, 0.6) is 0 Å². The second-order valence-corrected chi connectivity index (χ2v) is 17.5. The Labute approximate surface area is 347 Å². The lowest BCUT2D eigenvalue weighted by Gasteiger charge is -2.28. The number of hydrogen-bond acceptors (Lipinski definition) is 9. The van der Waals surface area contributed by atoms with E-state index in [9.17, 15) is 19.0 Å². The van der Waals surface area contributed by atoms with Gasteiger partial charge in [0.2, 0.25) is 0 Å². The Balaban J connectivity index is 2.35. The average Bonchev–Trinajstić information content (AvgIpc) is 3.92. The fourth-order valence-corrected chi connectivity index (χ4v) is 6.57. The van der Waals surface area contributed by atoms with Crippen molar-refractivity contribution >= 4 is 19.8 Å². The zero-order valence-electron chi connectivity index (χ0n) is 36.5. The molecule has 0 aromatic carbocycles. The molecule has 0 amide bonds. The molecule has 1 saturated heterocycles. The molecule has 1 aliphatic rings. The van der Waals surface area contributed by atoms with Crippen LogP contribution in [0.4, 0.5) is 0 Å². The highest BCUT2D eigenvalue weighted by Gasteiger charge is 2.36. The van der Waals surface area contributed by atoms with E-state index in [-0.39, 0.29) is 38.3 Å². The van der Waals surface area contributed by atoms with Gasteiger partial charge >= 0.3 is 11.9 Å². The van der Waals surface area contributed by atoms with E-state index in [0.29, 0.717) is 30.3 Å². The van der Waals surface area contributed by atoms with Gasteiger partial charge in [-0.1, -0.05) is 126 Å². The van der Waals surface area contributed by atoms with E-state index < -0.39 is 32.5 Å². The van der Waals surface area contributed by atoms with Crippen LogP contribution in [0.25, 0.3) is 0 Å². The molecule has 0 aromatic rings. The molecule has 0 saturated carbocycles. The molecule has 1 heterocycles. The second-order valence-electron chi connectivity index (χ2n) is 16.1. The Hall–Kier alpha value is -2.33. The minimum Gasteiger partial charge on any atom is -0.756 e. The van der Waals surface area contributed by atoms with E-state index in [2.05, 4.69) is 68.5 Å². The molecule has 11 heteroatoms. The summed E-state index contributed by atoms with van der Waals surface area (Å²) in [7, 11) is 1.11. The first-order valence-electron chi connectivity index (χ1n) is 22.1. The lowest BCUT2D eigenvalue weighted by atomic mass is 10.1. The number of unbranched alkanes of at least 4 members (excludes halogenated alkanes) is 12. The number of epoxide rings is 1. The van der Waals surface area contributed by atoms with E-state index >= 15 is 0 Å². The van der Waals surface area contributed by atoms with E-state index in [1.165, 1.54) is 44.9 Å². The first-order valence-corrected chi connectivity index (χ1v) is 23.6. The minimum absolute atomic E-state index is 0.0484. The largest absolute Gasteiger partial charge is 0.756 e. The van der Waals surface area contributed by atoms with Gasteiger partial charge in [0.1, 0.15) is 19.8 Å². The number of esters is 2. The highest BCUT2D eigenvalue weighted by atomic mass is 31.2. The Morgan fingerprint density at radius 3 is 1.81 bits per heavy atom. The van der Waals surface area contributed by atoms with E-state index in [0.717, 1.165) is 64.2 Å². The van der Waals surface area contributed by atoms with Gasteiger partial charge in [-0.2, -0.15) is 0 Å². The van der Waals surface area contributed by atoms with Gasteiger partial charge in [-0.15, -0.1) is 0 Å². The van der Waals surface area contributed by atoms with Gasteiger partial charge in [-0.25, -0.2) is 0 Å². The number of rotatable bonds is 38. The van der Waals surface area contributed by atoms with Crippen LogP contribution in [0.15, 0.2) is 60.8 Å². The molecule has 328 valence electrons. The van der Waals surface area contributed by atoms with Crippen molar-refractivity contribution in [1.82, 2.24) is 0 Å². The fraction of sp³-hybridized carbons (Fsp3) is 0.739. The molecule has 0 bridgehead atoms. The zero-order valence-corrected chi connectivity index (χ0v) is 37.4. The van der Waals surface area contributed by atoms with Gasteiger partial charge in [0.05, 0.1) is 40.0 Å². The molecule has 0 spiro atoms. The van der Waals surface area contributed by atoms with Gasteiger partial charge in [-0.05, 0) is 77.0 Å². The summed E-state index contributed by atoms with van der Waals surface area (Å²) in [6, 6.07) is 0. The van der Waals surface area contributed by atoms with Gasteiger partial charge in [0, 0.05) is 12.8 Å². The van der Waals surface area contributed by atoms with Crippen molar-refractivity contribution < 1.29 is 46.8 Å². The SMILES string of the molecule is CC/C=C\C/C=C\C/C=C\CC1OC1C/C=C\CCCC(=O)OC(COC(=O)CCCCCCC/C=C\CCCCCCCC)COP(=O)([O-])OCC[N+](C)(C)C. The lowest BCUT2D eigenvalue weighted by molar-refractivity contribution is -0.870. The highest BCUT2D eigenvalue weighted by molar-refractivity contribution is 7.45. The van der Waals surface area contributed by atoms with Crippen LogP contribution in [0.1, 0.15) is 155 Å². The number of ether oxygens (including phenoxy) is 3. The van der Waals surface area contributed by atoms with Crippen molar-refractivity contribution in [3.63, 3.8) is 0 Å².